The van der Waals surface area contributed by atoms with Crippen LogP contribution in [0.2, 0.25) is 5.02 Å². The first kappa shape index (κ1) is 28.2. The van der Waals surface area contributed by atoms with E-state index in [-0.39, 0.29) is 61.0 Å². The van der Waals surface area contributed by atoms with Crippen molar-refractivity contribution in [1.82, 2.24) is 24.8 Å². The van der Waals surface area contributed by atoms with E-state index in [0.29, 0.717) is 29.9 Å². The van der Waals surface area contributed by atoms with Gasteiger partial charge in [-0.2, -0.15) is 9.97 Å². The number of rotatable bonds is 7. The van der Waals surface area contributed by atoms with Crippen LogP contribution < -0.4 is 15.8 Å². The summed E-state index contributed by atoms with van der Waals surface area (Å²) in [5.41, 5.74) is 6.40. The molecule has 9 nitrogen and oxygen atoms in total. The predicted molar refractivity (Wildman–Crippen MR) is 165 cm³/mol. The molecular formula is C30H30ClF2N7O2S. The lowest BCUT2D eigenvalue weighted by Gasteiger charge is -2.46. The van der Waals surface area contributed by atoms with Crippen molar-refractivity contribution >= 4 is 60.9 Å². The van der Waals surface area contributed by atoms with Gasteiger partial charge in [0.2, 0.25) is 5.91 Å². The topological polar surface area (TPSA) is 110 Å². The normalized spacial score (nSPS) is 21.3. The van der Waals surface area contributed by atoms with Crippen LogP contribution in [0.15, 0.2) is 30.9 Å². The molecule has 0 spiro atoms. The fourth-order valence-electron chi connectivity index (χ4n) is 6.81. The van der Waals surface area contributed by atoms with E-state index in [2.05, 4.69) is 31.7 Å². The van der Waals surface area contributed by atoms with Crippen molar-refractivity contribution in [2.24, 2.45) is 0 Å². The highest BCUT2D eigenvalue weighted by molar-refractivity contribution is 7.22. The summed E-state index contributed by atoms with van der Waals surface area (Å²) in [7, 11) is 0. The molecule has 0 bridgehead atoms. The lowest BCUT2D eigenvalue weighted by atomic mass is 9.95. The van der Waals surface area contributed by atoms with E-state index < -0.39 is 11.6 Å². The lowest BCUT2D eigenvalue weighted by Crippen LogP contribution is -2.63. The fraction of sp³-hybridized carbons (Fsp3) is 0.400. The zero-order valence-electron chi connectivity index (χ0n) is 23.5. The number of amides is 1. The summed E-state index contributed by atoms with van der Waals surface area (Å²) in [5, 5.41) is 3.98. The van der Waals surface area contributed by atoms with Gasteiger partial charge in [0.25, 0.3) is 0 Å². The van der Waals surface area contributed by atoms with E-state index >= 15 is 4.39 Å². The Morgan fingerprint density at radius 1 is 1.26 bits per heavy atom. The van der Waals surface area contributed by atoms with Gasteiger partial charge in [0.15, 0.2) is 10.9 Å². The number of hydrogen-bond donors (Lipinski definition) is 2. The van der Waals surface area contributed by atoms with Gasteiger partial charge in [0.05, 0.1) is 32.9 Å². The number of hydrogen-bond acceptors (Lipinski definition) is 9. The summed E-state index contributed by atoms with van der Waals surface area (Å²) in [6, 6.07) is 4.04. The molecule has 0 saturated carbocycles. The van der Waals surface area contributed by atoms with Crippen LogP contribution in [0.3, 0.4) is 0 Å². The molecule has 5 heterocycles. The van der Waals surface area contributed by atoms with Gasteiger partial charge in [0.1, 0.15) is 23.8 Å². The molecule has 43 heavy (non-hydrogen) atoms. The SMILES string of the molecule is C=CC(=O)N1CC(Nc2nc(OCC34CCCN3CCC4)nc3c(F)c(-c4ccc(F)c5sc(N)nc45)c(Cl)cc23)[C@H]1C. The van der Waals surface area contributed by atoms with Crippen molar-refractivity contribution in [2.75, 3.05) is 37.3 Å². The molecule has 4 aromatic rings. The second kappa shape index (κ2) is 10.5. The van der Waals surface area contributed by atoms with E-state index in [1.165, 1.54) is 18.2 Å². The Bertz CT molecular complexity index is 1790. The first-order valence-electron chi connectivity index (χ1n) is 14.3. The first-order chi connectivity index (χ1) is 20.7. The molecule has 1 amide bonds. The van der Waals surface area contributed by atoms with Crippen LogP contribution >= 0.6 is 22.9 Å². The van der Waals surface area contributed by atoms with E-state index in [4.69, 9.17) is 22.1 Å². The highest BCUT2D eigenvalue weighted by Crippen LogP contribution is 2.43. The van der Waals surface area contributed by atoms with Crippen molar-refractivity contribution in [3.63, 3.8) is 0 Å². The van der Waals surface area contributed by atoms with Gasteiger partial charge >= 0.3 is 6.01 Å². The zero-order chi connectivity index (χ0) is 30.0. The van der Waals surface area contributed by atoms with Gasteiger partial charge < -0.3 is 20.7 Å². The summed E-state index contributed by atoms with van der Waals surface area (Å²) in [4.78, 5) is 29.8. The van der Waals surface area contributed by atoms with Gasteiger partial charge in [-0.1, -0.05) is 29.5 Å². The maximum absolute atomic E-state index is 16.6. The molecule has 7 rings (SSSR count). The quantitative estimate of drug-likeness (QED) is 0.255. The van der Waals surface area contributed by atoms with Crippen molar-refractivity contribution < 1.29 is 18.3 Å². The molecule has 13 heteroatoms. The number of anilines is 2. The average Bonchev–Trinajstić information content (AvgIpc) is 3.69. The van der Waals surface area contributed by atoms with Gasteiger partial charge in [-0.05, 0) is 70.0 Å². The van der Waals surface area contributed by atoms with Crippen molar-refractivity contribution in [3.05, 3.63) is 47.5 Å². The summed E-state index contributed by atoms with van der Waals surface area (Å²) in [5.74, 6) is -1.01. The largest absolute Gasteiger partial charge is 0.461 e. The van der Waals surface area contributed by atoms with Gasteiger partial charge in [0, 0.05) is 23.1 Å². The number of nitrogens with two attached hydrogens (primary N) is 1. The molecule has 0 aliphatic carbocycles. The number of carbonyl (C=O) groups excluding carboxylic acids is 1. The summed E-state index contributed by atoms with van der Waals surface area (Å²) in [6.45, 7) is 8.40. The Balaban J connectivity index is 1.32. The van der Waals surface area contributed by atoms with Crippen molar-refractivity contribution in [2.45, 2.75) is 50.2 Å². The van der Waals surface area contributed by atoms with E-state index in [0.717, 1.165) is 50.1 Å². The molecule has 3 fully saturated rings. The Kier molecular flexibility index (Phi) is 6.90. The van der Waals surface area contributed by atoms with Crippen LogP contribution in [0, 0.1) is 11.6 Å². The van der Waals surface area contributed by atoms with Gasteiger partial charge in [-0.3, -0.25) is 9.69 Å². The molecule has 3 N–H and O–H groups in total. The monoisotopic (exact) mass is 625 g/mol. The Labute approximate surface area is 255 Å². The molecule has 3 saturated heterocycles. The molecule has 1 unspecified atom stereocenters. The number of carbonyl (C=O) groups is 1. The molecule has 2 aromatic heterocycles. The Hall–Kier alpha value is -3.61. The van der Waals surface area contributed by atoms with Crippen LogP contribution in [0.5, 0.6) is 6.01 Å². The number of aromatic nitrogens is 3. The highest BCUT2D eigenvalue weighted by Gasteiger charge is 2.45. The van der Waals surface area contributed by atoms with Crippen LogP contribution in [0.4, 0.5) is 19.7 Å². The zero-order valence-corrected chi connectivity index (χ0v) is 25.1. The third-order valence-electron chi connectivity index (χ3n) is 9.17. The molecule has 224 valence electrons. The number of nitrogens with zero attached hydrogens (tertiary/aromatic N) is 5. The van der Waals surface area contributed by atoms with E-state index in [1.807, 2.05) is 6.92 Å². The third-order valence-corrected chi connectivity index (χ3v) is 10.4. The minimum Gasteiger partial charge on any atom is -0.461 e. The van der Waals surface area contributed by atoms with Crippen molar-refractivity contribution in [1.29, 1.82) is 0 Å². The Morgan fingerprint density at radius 3 is 2.74 bits per heavy atom. The standard InChI is InChI=1S/C30H30ClF2N7O2S/c1-3-21(41)40-13-20(15(40)2)35-27-17-12-18(31)22(16-6-7-19(32)26-25(16)36-28(34)43-26)23(33)24(17)37-29(38-27)42-14-30-8-4-10-39(30)11-5-9-30/h3,6-7,12,15,20H,1,4-5,8-11,13-14H2,2H3,(H2,34,36)(H,35,37,38)/t15-,20?/m1/s1. The maximum atomic E-state index is 16.6. The molecule has 2 atom stereocenters. The minimum absolute atomic E-state index is 0.00535. The molecular weight excluding hydrogens is 596 g/mol. The first-order valence-corrected chi connectivity index (χ1v) is 15.5. The lowest BCUT2D eigenvalue weighted by molar-refractivity contribution is -0.133. The Morgan fingerprint density at radius 2 is 2.02 bits per heavy atom. The molecule has 2 aromatic carbocycles. The van der Waals surface area contributed by atoms with Crippen molar-refractivity contribution in [3.8, 4) is 17.1 Å². The van der Waals surface area contributed by atoms with Gasteiger partial charge in [-0.15, -0.1) is 0 Å². The minimum atomic E-state index is -0.705. The number of fused-ring (bicyclic) bond motifs is 3. The molecule has 3 aliphatic rings. The fourth-order valence-corrected chi connectivity index (χ4v) is 7.87. The highest BCUT2D eigenvalue weighted by atomic mass is 35.5. The molecule has 3 aliphatic heterocycles. The third kappa shape index (κ3) is 4.58. The van der Waals surface area contributed by atoms with E-state index in [9.17, 15) is 9.18 Å². The predicted octanol–water partition coefficient (Wildman–Crippen LogP) is 5.62. The number of likely N-dealkylation sites (tertiary alicyclic amines) is 1. The molecule has 0 radical (unpaired) electrons. The smallest absolute Gasteiger partial charge is 0.319 e. The van der Waals surface area contributed by atoms with Crippen LogP contribution in [-0.4, -0.2) is 74.5 Å². The average molecular weight is 626 g/mol. The second-order valence-electron chi connectivity index (χ2n) is 11.5. The number of benzene rings is 2. The van der Waals surface area contributed by atoms with E-state index in [1.54, 1.807) is 11.0 Å². The van der Waals surface area contributed by atoms with Crippen LogP contribution in [-0.2, 0) is 4.79 Å². The second-order valence-corrected chi connectivity index (χ2v) is 13.0. The van der Waals surface area contributed by atoms with Crippen LogP contribution in [0.25, 0.3) is 32.2 Å². The van der Waals surface area contributed by atoms with Gasteiger partial charge in [-0.25, -0.2) is 13.8 Å². The number of ether oxygens (including phenoxy) is 1. The van der Waals surface area contributed by atoms with Crippen LogP contribution in [0.1, 0.15) is 32.6 Å². The number of thiazole rings is 1. The summed E-state index contributed by atoms with van der Waals surface area (Å²) in [6.07, 6.45) is 5.57. The summed E-state index contributed by atoms with van der Waals surface area (Å²) >= 11 is 7.72. The maximum Gasteiger partial charge on any atom is 0.319 e. The number of nitrogen functional groups attached to an aromatic ring is 1. The number of nitrogens with one attached hydrogen (secondary N) is 1. The summed E-state index contributed by atoms with van der Waals surface area (Å²) < 4.78 is 37.6. The number of halogens is 3.